The molecule has 0 radical (unpaired) electrons. The van der Waals surface area contributed by atoms with Crippen molar-refractivity contribution in [2.75, 3.05) is 26.2 Å². The Morgan fingerprint density at radius 3 is 2.74 bits per heavy atom. The second-order valence-electron chi connectivity index (χ2n) is 6.77. The molecule has 0 aromatic carbocycles. The number of carbonyl (C=O) groups excluding carboxylic acids is 1. The molecule has 0 unspecified atom stereocenters. The predicted molar refractivity (Wildman–Crippen MR) is 73.1 cm³/mol. The van der Waals surface area contributed by atoms with E-state index in [2.05, 4.69) is 10.6 Å². The first-order valence-electron chi connectivity index (χ1n) is 7.18. The second kappa shape index (κ2) is 5.67. The maximum absolute atomic E-state index is 11.6. The van der Waals surface area contributed by atoms with E-state index in [1.165, 1.54) is 12.8 Å². The molecule has 2 fully saturated rings. The molecule has 0 saturated carbocycles. The van der Waals surface area contributed by atoms with Gasteiger partial charge >= 0.3 is 6.09 Å². The van der Waals surface area contributed by atoms with Gasteiger partial charge in [0.2, 0.25) is 0 Å². The van der Waals surface area contributed by atoms with Crippen LogP contribution in [-0.2, 0) is 9.47 Å². The van der Waals surface area contributed by atoms with E-state index in [4.69, 9.17) is 9.47 Å². The van der Waals surface area contributed by atoms with Crippen molar-refractivity contribution in [3.05, 3.63) is 0 Å². The third-order valence-corrected chi connectivity index (χ3v) is 3.82. The topological polar surface area (TPSA) is 59.6 Å². The normalized spacial score (nSPS) is 26.4. The van der Waals surface area contributed by atoms with E-state index in [1.54, 1.807) is 0 Å². The van der Waals surface area contributed by atoms with E-state index >= 15 is 0 Å². The fraction of sp³-hybridized carbons (Fsp3) is 0.929. The third-order valence-electron chi connectivity index (χ3n) is 3.82. The number of ether oxygens (including phenoxy) is 2. The van der Waals surface area contributed by atoms with Gasteiger partial charge in [0.1, 0.15) is 5.60 Å². The molecule has 1 amide bonds. The SMILES string of the molecule is CC(C)(C)OC(=O)NC[C@@H]1CC2(CCNCC2)CO1. The Balaban J connectivity index is 1.72. The molecule has 2 heterocycles. The Hall–Kier alpha value is -0.810. The molecule has 110 valence electrons. The number of nitrogens with one attached hydrogen (secondary N) is 2. The van der Waals surface area contributed by atoms with Gasteiger partial charge in [0.05, 0.1) is 12.7 Å². The Bertz CT molecular complexity index is 319. The van der Waals surface area contributed by atoms with Crippen LogP contribution in [0.3, 0.4) is 0 Å². The first-order chi connectivity index (χ1) is 8.89. The molecule has 0 aliphatic carbocycles. The maximum atomic E-state index is 11.6. The van der Waals surface area contributed by atoms with Crippen LogP contribution in [0.2, 0.25) is 0 Å². The van der Waals surface area contributed by atoms with Gasteiger partial charge in [-0.15, -0.1) is 0 Å². The maximum Gasteiger partial charge on any atom is 0.407 e. The number of amides is 1. The van der Waals surface area contributed by atoms with Crippen molar-refractivity contribution in [3.63, 3.8) is 0 Å². The van der Waals surface area contributed by atoms with Crippen molar-refractivity contribution in [2.45, 2.75) is 51.7 Å². The molecule has 0 aromatic rings. The van der Waals surface area contributed by atoms with Crippen molar-refractivity contribution < 1.29 is 14.3 Å². The number of hydrogen-bond acceptors (Lipinski definition) is 4. The fourth-order valence-corrected chi connectivity index (χ4v) is 2.84. The lowest BCUT2D eigenvalue weighted by Gasteiger charge is -2.32. The van der Waals surface area contributed by atoms with Crippen LogP contribution in [-0.4, -0.2) is 44.0 Å². The average molecular weight is 270 g/mol. The lowest BCUT2D eigenvalue weighted by molar-refractivity contribution is 0.0459. The van der Waals surface area contributed by atoms with Crippen molar-refractivity contribution in [2.24, 2.45) is 5.41 Å². The third kappa shape index (κ3) is 4.35. The molecule has 5 nitrogen and oxygen atoms in total. The first-order valence-corrected chi connectivity index (χ1v) is 7.18. The van der Waals surface area contributed by atoms with Gasteiger partial charge in [-0.05, 0) is 58.5 Å². The molecule has 1 spiro atoms. The monoisotopic (exact) mass is 270 g/mol. The lowest BCUT2D eigenvalue weighted by Crippen LogP contribution is -2.38. The van der Waals surface area contributed by atoms with E-state index in [-0.39, 0.29) is 12.2 Å². The quantitative estimate of drug-likeness (QED) is 0.801. The molecule has 2 aliphatic rings. The van der Waals surface area contributed by atoms with Gasteiger partial charge in [0, 0.05) is 6.54 Å². The van der Waals surface area contributed by atoms with Gasteiger partial charge in [-0.25, -0.2) is 4.79 Å². The van der Waals surface area contributed by atoms with Crippen molar-refractivity contribution >= 4 is 6.09 Å². The van der Waals surface area contributed by atoms with Gasteiger partial charge in [0.15, 0.2) is 0 Å². The number of piperidine rings is 1. The largest absolute Gasteiger partial charge is 0.444 e. The van der Waals surface area contributed by atoms with Crippen LogP contribution in [0.15, 0.2) is 0 Å². The summed E-state index contributed by atoms with van der Waals surface area (Å²) in [7, 11) is 0. The minimum Gasteiger partial charge on any atom is -0.444 e. The average Bonchev–Trinajstić information content (AvgIpc) is 2.69. The summed E-state index contributed by atoms with van der Waals surface area (Å²) in [6, 6.07) is 0. The summed E-state index contributed by atoms with van der Waals surface area (Å²) in [5, 5.41) is 6.18. The predicted octanol–water partition coefficient (Wildman–Crippen LogP) is 1.67. The zero-order valence-electron chi connectivity index (χ0n) is 12.3. The van der Waals surface area contributed by atoms with E-state index in [0.717, 1.165) is 26.1 Å². The lowest BCUT2D eigenvalue weighted by atomic mass is 9.77. The molecule has 2 saturated heterocycles. The van der Waals surface area contributed by atoms with Crippen LogP contribution in [0.1, 0.15) is 40.0 Å². The zero-order chi connectivity index (χ0) is 13.9. The van der Waals surface area contributed by atoms with Crippen LogP contribution in [0.25, 0.3) is 0 Å². The highest BCUT2D eigenvalue weighted by Gasteiger charge is 2.40. The van der Waals surface area contributed by atoms with Gasteiger partial charge in [-0.2, -0.15) is 0 Å². The van der Waals surface area contributed by atoms with Gasteiger partial charge < -0.3 is 20.1 Å². The summed E-state index contributed by atoms with van der Waals surface area (Å²) in [4.78, 5) is 11.6. The van der Waals surface area contributed by atoms with Crippen LogP contribution in [0.4, 0.5) is 4.79 Å². The number of carbonyl (C=O) groups is 1. The van der Waals surface area contributed by atoms with Crippen LogP contribution in [0.5, 0.6) is 0 Å². The number of alkyl carbamates (subject to hydrolysis) is 1. The van der Waals surface area contributed by atoms with E-state index in [9.17, 15) is 4.79 Å². The van der Waals surface area contributed by atoms with E-state index in [1.807, 2.05) is 20.8 Å². The fourth-order valence-electron chi connectivity index (χ4n) is 2.84. The smallest absolute Gasteiger partial charge is 0.407 e. The van der Waals surface area contributed by atoms with Gasteiger partial charge in [-0.1, -0.05) is 0 Å². The van der Waals surface area contributed by atoms with Crippen LogP contribution in [0, 0.1) is 5.41 Å². The highest BCUT2D eigenvalue weighted by molar-refractivity contribution is 5.67. The van der Waals surface area contributed by atoms with Crippen molar-refractivity contribution in [1.82, 2.24) is 10.6 Å². The Morgan fingerprint density at radius 2 is 2.11 bits per heavy atom. The van der Waals surface area contributed by atoms with Gasteiger partial charge in [0.25, 0.3) is 0 Å². The molecular weight excluding hydrogens is 244 g/mol. The summed E-state index contributed by atoms with van der Waals surface area (Å²) in [6.45, 7) is 9.12. The molecule has 1 atom stereocenters. The number of hydrogen-bond donors (Lipinski definition) is 2. The number of rotatable bonds is 2. The minimum absolute atomic E-state index is 0.130. The summed E-state index contributed by atoms with van der Waals surface area (Å²) < 4.78 is 11.0. The Kier molecular flexibility index (Phi) is 4.36. The Labute approximate surface area is 115 Å². The molecule has 5 heteroatoms. The van der Waals surface area contributed by atoms with Crippen LogP contribution >= 0.6 is 0 Å². The molecule has 0 bridgehead atoms. The first kappa shape index (κ1) is 14.6. The highest BCUT2D eigenvalue weighted by atomic mass is 16.6. The summed E-state index contributed by atoms with van der Waals surface area (Å²) in [5.41, 5.74) is -0.109. The van der Waals surface area contributed by atoms with E-state index < -0.39 is 5.60 Å². The standard InChI is InChI=1S/C14H26N2O3/c1-13(2,3)19-12(17)16-9-11-8-14(10-18-11)4-6-15-7-5-14/h11,15H,4-10H2,1-3H3,(H,16,17)/t11-/m0/s1. The van der Waals surface area contributed by atoms with Gasteiger partial charge in [-0.3, -0.25) is 0 Å². The minimum atomic E-state index is -0.448. The molecule has 19 heavy (non-hydrogen) atoms. The second-order valence-corrected chi connectivity index (χ2v) is 6.77. The van der Waals surface area contributed by atoms with E-state index in [0.29, 0.717) is 12.0 Å². The molecule has 0 aromatic heterocycles. The van der Waals surface area contributed by atoms with Crippen molar-refractivity contribution in [1.29, 1.82) is 0 Å². The summed E-state index contributed by atoms with van der Waals surface area (Å²) in [5.74, 6) is 0. The molecular formula is C14H26N2O3. The molecule has 2 rings (SSSR count). The summed E-state index contributed by atoms with van der Waals surface area (Å²) >= 11 is 0. The zero-order valence-corrected chi connectivity index (χ0v) is 12.3. The van der Waals surface area contributed by atoms with Crippen LogP contribution < -0.4 is 10.6 Å². The summed E-state index contributed by atoms with van der Waals surface area (Å²) in [6.07, 6.45) is 3.17. The van der Waals surface area contributed by atoms with Crippen molar-refractivity contribution in [3.8, 4) is 0 Å². The Morgan fingerprint density at radius 1 is 1.42 bits per heavy atom. The molecule has 2 N–H and O–H groups in total. The highest BCUT2D eigenvalue weighted by Crippen LogP contribution is 2.40. The molecule has 2 aliphatic heterocycles.